The van der Waals surface area contributed by atoms with E-state index in [9.17, 15) is 4.39 Å². The van der Waals surface area contributed by atoms with Gasteiger partial charge in [-0.3, -0.25) is 0 Å². The minimum Gasteiger partial charge on any atom is -0.496 e. The molecular weight excluding hydrogens is 347 g/mol. The monoisotopic (exact) mass is 364 g/mol. The maximum atomic E-state index is 13.6. The first-order valence-corrected chi connectivity index (χ1v) is 7.92. The number of benzene rings is 1. The Morgan fingerprint density at radius 2 is 1.95 bits per heavy atom. The van der Waals surface area contributed by atoms with E-state index in [1.165, 1.54) is 13.2 Å². The van der Waals surface area contributed by atoms with E-state index in [-0.39, 0.29) is 29.3 Å². The normalized spacial score (nSPS) is 31.4. The van der Waals surface area contributed by atoms with Gasteiger partial charge in [-0.15, -0.1) is 11.6 Å². The Morgan fingerprint density at radius 3 is 2.45 bits per heavy atom. The topological polar surface area (TPSA) is 18.5 Å². The van der Waals surface area contributed by atoms with Crippen molar-refractivity contribution in [2.45, 2.75) is 38.4 Å². The summed E-state index contributed by atoms with van der Waals surface area (Å²) in [4.78, 5) is 0. The molecule has 2 rings (SSSR count). The second-order valence-corrected chi connectivity index (χ2v) is 6.72. The van der Waals surface area contributed by atoms with Crippen molar-refractivity contribution in [2.75, 3.05) is 7.11 Å². The second kappa shape index (κ2) is 6.20. The lowest BCUT2D eigenvalue weighted by atomic mass is 9.84. The fraction of sp³-hybridized carbons (Fsp3) is 0.600. The minimum atomic E-state index is -0.355. The Bertz CT molecular complexity index is 497. The molecule has 1 aliphatic heterocycles. The van der Waals surface area contributed by atoms with Crippen molar-refractivity contribution in [3.8, 4) is 5.75 Å². The van der Waals surface area contributed by atoms with Crippen LogP contribution < -0.4 is 4.74 Å². The summed E-state index contributed by atoms with van der Waals surface area (Å²) < 4.78 is 25.1. The van der Waals surface area contributed by atoms with Crippen LogP contribution in [0, 0.1) is 17.7 Å². The molecule has 0 amide bonds. The summed E-state index contributed by atoms with van der Waals surface area (Å²) in [6.45, 7) is 6.23. The molecule has 1 saturated heterocycles. The molecule has 2 nitrogen and oxygen atoms in total. The van der Waals surface area contributed by atoms with Gasteiger partial charge in [-0.1, -0.05) is 6.92 Å². The highest BCUT2D eigenvalue weighted by Crippen LogP contribution is 2.47. The lowest BCUT2D eigenvalue weighted by Crippen LogP contribution is -2.22. The number of rotatable bonds is 3. The number of methoxy groups -OCH3 is 1. The first kappa shape index (κ1) is 16.1. The summed E-state index contributed by atoms with van der Waals surface area (Å²) >= 11 is 9.88. The van der Waals surface area contributed by atoms with Crippen molar-refractivity contribution in [1.82, 2.24) is 0 Å². The van der Waals surface area contributed by atoms with Gasteiger partial charge in [0.2, 0.25) is 0 Å². The molecule has 0 radical (unpaired) electrons. The van der Waals surface area contributed by atoms with E-state index in [0.717, 1.165) is 5.56 Å². The van der Waals surface area contributed by atoms with Crippen molar-refractivity contribution >= 4 is 27.5 Å². The lowest BCUT2D eigenvalue weighted by molar-refractivity contribution is 0.0507. The third-order valence-electron chi connectivity index (χ3n) is 4.23. The Labute approximate surface area is 132 Å². The third kappa shape index (κ3) is 2.83. The van der Waals surface area contributed by atoms with Crippen molar-refractivity contribution in [3.05, 3.63) is 28.0 Å². The van der Waals surface area contributed by atoms with Crippen LogP contribution in [0.2, 0.25) is 0 Å². The van der Waals surface area contributed by atoms with E-state index < -0.39 is 0 Å². The molecule has 0 saturated carbocycles. The Kier molecular flexibility index (Phi) is 4.98. The highest BCUT2D eigenvalue weighted by atomic mass is 79.9. The molecule has 1 heterocycles. The average molecular weight is 366 g/mol. The standard InChI is InChI=1S/C15H19BrClFO2/c1-7-8(2)20-9(3)14(7)15(17)10-5-11(16)12(18)6-13(10)19-4/h5-9,14-15H,1-4H3. The van der Waals surface area contributed by atoms with E-state index in [2.05, 4.69) is 29.8 Å². The van der Waals surface area contributed by atoms with Gasteiger partial charge in [0.05, 0.1) is 29.2 Å². The zero-order chi connectivity index (χ0) is 15.0. The van der Waals surface area contributed by atoms with Gasteiger partial charge in [0.15, 0.2) is 0 Å². The number of halogens is 3. The van der Waals surface area contributed by atoms with Crippen molar-refractivity contribution in [2.24, 2.45) is 11.8 Å². The number of hydrogen-bond acceptors (Lipinski definition) is 2. The Morgan fingerprint density at radius 1 is 1.30 bits per heavy atom. The minimum absolute atomic E-state index is 0.0658. The zero-order valence-corrected chi connectivity index (χ0v) is 14.3. The van der Waals surface area contributed by atoms with Gasteiger partial charge in [0, 0.05) is 17.5 Å². The molecular formula is C15H19BrClFO2. The molecule has 0 N–H and O–H groups in total. The molecule has 5 unspecified atom stereocenters. The Hall–Kier alpha value is -0.320. The van der Waals surface area contributed by atoms with Gasteiger partial charge < -0.3 is 9.47 Å². The summed E-state index contributed by atoms with van der Waals surface area (Å²) in [7, 11) is 1.52. The van der Waals surface area contributed by atoms with E-state index in [0.29, 0.717) is 16.1 Å². The molecule has 0 aliphatic carbocycles. The van der Waals surface area contributed by atoms with Crippen molar-refractivity contribution < 1.29 is 13.9 Å². The van der Waals surface area contributed by atoms with Crippen LogP contribution in [0.15, 0.2) is 16.6 Å². The van der Waals surface area contributed by atoms with Gasteiger partial charge >= 0.3 is 0 Å². The predicted octanol–water partition coefficient (Wildman–Crippen LogP) is 4.94. The van der Waals surface area contributed by atoms with Crippen LogP contribution in [0.1, 0.15) is 31.7 Å². The molecule has 5 heteroatoms. The van der Waals surface area contributed by atoms with Crippen molar-refractivity contribution in [1.29, 1.82) is 0 Å². The first-order chi connectivity index (χ1) is 9.36. The fourth-order valence-corrected chi connectivity index (χ4v) is 3.91. The number of ether oxygens (including phenoxy) is 2. The molecule has 112 valence electrons. The molecule has 20 heavy (non-hydrogen) atoms. The molecule has 1 fully saturated rings. The van der Waals surface area contributed by atoms with Gasteiger partial charge in [-0.05, 0) is 41.8 Å². The summed E-state index contributed by atoms with van der Waals surface area (Å²) in [5.74, 6) is 0.621. The summed E-state index contributed by atoms with van der Waals surface area (Å²) in [6.07, 6.45) is 0.238. The molecule has 0 bridgehead atoms. The van der Waals surface area contributed by atoms with Crippen LogP contribution in [0.3, 0.4) is 0 Å². The van der Waals surface area contributed by atoms with E-state index in [4.69, 9.17) is 21.1 Å². The fourth-order valence-electron chi connectivity index (χ4n) is 2.94. The van der Waals surface area contributed by atoms with Crippen molar-refractivity contribution in [3.63, 3.8) is 0 Å². The molecule has 1 aromatic carbocycles. The van der Waals surface area contributed by atoms with Gasteiger partial charge in [-0.2, -0.15) is 0 Å². The van der Waals surface area contributed by atoms with E-state index >= 15 is 0 Å². The highest BCUT2D eigenvalue weighted by molar-refractivity contribution is 9.10. The maximum Gasteiger partial charge on any atom is 0.141 e. The second-order valence-electron chi connectivity index (χ2n) is 5.39. The molecule has 0 aromatic heterocycles. The van der Waals surface area contributed by atoms with Gasteiger partial charge in [0.1, 0.15) is 11.6 Å². The van der Waals surface area contributed by atoms with Crippen LogP contribution >= 0.6 is 27.5 Å². The smallest absolute Gasteiger partial charge is 0.141 e. The quantitative estimate of drug-likeness (QED) is 0.707. The predicted molar refractivity (Wildman–Crippen MR) is 81.9 cm³/mol. The molecule has 1 aromatic rings. The highest BCUT2D eigenvalue weighted by Gasteiger charge is 2.42. The van der Waals surface area contributed by atoms with Crippen LogP contribution in [0.4, 0.5) is 4.39 Å². The number of hydrogen-bond donors (Lipinski definition) is 0. The van der Waals surface area contributed by atoms with Crippen LogP contribution in [-0.2, 0) is 4.74 Å². The molecule has 5 atom stereocenters. The van der Waals surface area contributed by atoms with Gasteiger partial charge in [0.25, 0.3) is 0 Å². The SMILES string of the molecule is COc1cc(F)c(Br)cc1C(Cl)C1C(C)OC(C)C1C. The number of alkyl halides is 1. The summed E-state index contributed by atoms with van der Waals surface area (Å²) in [6, 6.07) is 3.07. The maximum absolute atomic E-state index is 13.6. The average Bonchev–Trinajstić information content (AvgIpc) is 2.65. The lowest BCUT2D eigenvalue weighted by Gasteiger charge is -2.26. The van der Waals surface area contributed by atoms with E-state index in [1.54, 1.807) is 6.07 Å². The van der Waals surface area contributed by atoms with E-state index in [1.807, 2.05) is 6.92 Å². The summed E-state index contributed by atoms with van der Waals surface area (Å²) in [5, 5.41) is -0.281. The third-order valence-corrected chi connectivity index (χ3v) is 5.36. The largest absolute Gasteiger partial charge is 0.496 e. The molecule has 1 aliphatic rings. The Balaban J connectivity index is 2.38. The molecule has 0 spiro atoms. The first-order valence-electron chi connectivity index (χ1n) is 6.69. The van der Waals surface area contributed by atoms with Crippen LogP contribution in [-0.4, -0.2) is 19.3 Å². The zero-order valence-electron chi connectivity index (χ0n) is 12.0. The van der Waals surface area contributed by atoms with Crippen LogP contribution in [0.5, 0.6) is 5.75 Å². The summed E-state index contributed by atoms with van der Waals surface area (Å²) in [5.41, 5.74) is 0.795. The van der Waals surface area contributed by atoms with Crippen LogP contribution in [0.25, 0.3) is 0 Å². The van der Waals surface area contributed by atoms with Gasteiger partial charge in [-0.25, -0.2) is 4.39 Å².